The molecule has 3 aromatic heterocycles. The smallest absolute Gasteiger partial charge is 0.135 e. The predicted octanol–water partition coefficient (Wildman–Crippen LogP) is 5.99. The van der Waals surface area contributed by atoms with Crippen LogP contribution in [-0.4, -0.2) is 14.8 Å². The van der Waals surface area contributed by atoms with Crippen molar-refractivity contribution in [1.29, 1.82) is 0 Å². The van der Waals surface area contributed by atoms with E-state index in [0.29, 0.717) is 0 Å². The Hall–Kier alpha value is -3.92. The molecule has 0 fully saturated rings. The van der Waals surface area contributed by atoms with Crippen molar-refractivity contribution >= 4 is 32.8 Å². The number of nitrogens with zero attached hydrogens (tertiary/aromatic N) is 3. The number of aromatic nitrogens is 3. The van der Waals surface area contributed by atoms with E-state index in [1.807, 2.05) is 42.6 Å². The average Bonchev–Trinajstić information content (AvgIpc) is 3.34. The third kappa shape index (κ3) is 2.18. The predicted molar refractivity (Wildman–Crippen MR) is 112 cm³/mol. The molecule has 0 spiro atoms. The molecule has 0 unspecified atom stereocenters. The molecule has 0 saturated heterocycles. The molecule has 4 nitrogen and oxygen atoms in total. The monoisotopic (exact) mass is 361 g/mol. The van der Waals surface area contributed by atoms with E-state index < -0.39 is 0 Å². The van der Waals surface area contributed by atoms with Gasteiger partial charge in [-0.05, 0) is 24.3 Å². The van der Waals surface area contributed by atoms with Crippen molar-refractivity contribution in [2.24, 2.45) is 0 Å². The highest BCUT2D eigenvalue weighted by Crippen LogP contribution is 2.35. The van der Waals surface area contributed by atoms with Gasteiger partial charge in [-0.1, -0.05) is 48.5 Å². The Morgan fingerprint density at radius 2 is 1.61 bits per heavy atom. The Morgan fingerprint density at radius 1 is 0.750 bits per heavy atom. The van der Waals surface area contributed by atoms with Crippen LogP contribution in [0.25, 0.3) is 49.7 Å². The number of benzene rings is 3. The fourth-order valence-corrected chi connectivity index (χ4v) is 3.93. The van der Waals surface area contributed by atoms with Crippen LogP contribution in [0, 0.1) is 0 Å². The second-order valence-corrected chi connectivity index (χ2v) is 6.85. The quantitative estimate of drug-likeness (QED) is 0.381. The molecule has 3 heterocycles. The highest BCUT2D eigenvalue weighted by molar-refractivity contribution is 6.12. The zero-order valence-corrected chi connectivity index (χ0v) is 14.9. The van der Waals surface area contributed by atoms with Crippen LogP contribution in [-0.2, 0) is 0 Å². The van der Waals surface area contributed by atoms with Crippen LogP contribution >= 0.6 is 0 Å². The number of hydrogen-bond acceptors (Lipinski definition) is 3. The van der Waals surface area contributed by atoms with E-state index in [0.717, 1.165) is 38.9 Å². The van der Waals surface area contributed by atoms with Gasteiger partial charge < -0.3 is 8.98 Å². The molecule has 6 rings (SSSR count). The van der Waals surface area contributed by atoms with Crippen molar-refractivity contribution in [3.63, 3.8) is 0 Å². The van der Waals surface area contributed by atoms with E-state index in [9.17, 15) is 0 Å². The first kappa shape index (κ1) is 15.2. The van der Waals surface area contributed by atoms with Crippen LogP contribution < -0.4 is 0 Å². The van der Waals surface area contributed by atoms with Crippen molar-refractivity contribution in [2.75, 3.05) is 0 Å². The molecule has 0 amide bonds. The minimum Gasteiger partial charge on any atom is -0.464 e. The summed E-state index contributed by atoms with van der Waals surface area (Å²) in [4.78, 5) is 0. The fraction of sp³-hybridized carbons (Fsp3) is 0. The van der Waals surface area contributed by atoms with Gasteiger partial charge in [0.05, 0.1) is 34.9 Å². The molecule has 0 bridgehead atoms. The largest absolute Gasteiger partial charge is 0.464 e. The van der Waals surface area contributed by atoms with Gasteiger partial charge in [-0.2, -0.15) is 10.2 Å². The summed E-state index contributed by atoms with van der Waals surface area (Å²) in [5.74, 6) is 0. The zero-order valence-electron chi connectivity index (χ0n) is 14.9. The first-order chi connectivity index (χ1) is 13.9. The van der Waals surface area contributed by atoms with Crippen molar-refractivity contribution in [1.82, 2.24) is 14.8 Å². The Kier molecular flexibility index (Phi) is 3.14. The number of furan rings is 1. The Morgan fingerprint density at radius 3 is 2.54 bits per heavy atom. The zero-order chi connectivity index (χ0) is 18.5. The maximum atomic E-state index is 5.66. The summed E-state index contributed by atoms with van der Waals surface area (Å²) in [6.45, 7) is 0. The van der Waals surface area contributed by atoms with Crippen LogP contribution in [0.15, 0.2) is 95.7 Å². The Bertz CT molecular complexity index is 1460. The van der Waals surface area contributed by atoms with Gasteiger partial charge in [-0.3, -0.25) is 0 Å². The summed E-state index contributed by atoms with van der Waals surface area (Å²) in [5.41, 5.74) is 5.98. The highest BCUT2D eigenvalue weighted by Gasteiger charge is 2.15. The van der Waals surface area contributed by atoms with E-state index in [1.54, 1.807) is 6.26 Å². The topological polar surface area (TPSA) is 43.9 Å². The average molecular weight is 361 g/mol. The molecule has 28 heavy (non-hydrogen) atoms. The van der Waals surface area contributed by atoms with E-state index in [4.69, 9.17) is 4.42 Å². The molecule has 0 aliphatic carbocycles. The molecule has 0 saturated carbocycles. The summed E-state index contributed by atoms with van der Waals surface area (Å²) in [6, 6.07) is 26.9. The molecule has 0 atom stereocenters. The number of hydrogen-bond donors (Lipinski definition) is 0. The minimum atomic E-state index is 0.850. The SMILES string of the molecule is c1ccc(-c2cc(-n3c4ccccc4c4cc5ccoc5cc43)cnn2)cc1. The van der Waals surface area contributed by atoms with Gasteiger partial charge in [-0.25, -0.2) is 0 Å². The molecule has 4 heteroatoms. The van der Waals surface area contributed by atoms with Crippen LogP contribution in [0.2, 0.25) is 0 Å². The third-order valence-electron chi connectivity index (χ3n) is 5.21. The molecular weight excluding hydrogens is 346 g/mol. The van der Waals surface area contributed by atoms with E-state index in [-0.39, 0.29) is 0 Å². The summed E-state index contributed by atoms with van der Waals surface area (Å²) < 4.78 is 7.89. The van der Waals surface area contributed by atoms with Gasteiger partial charge in [-0.15, -0.1) is 0 Å². The lowest BCUT2D eigenvalue weighted by atomic mass is 10.1. The van der Waals surface area contributed by atoms with E-state index >= 15 is 0 Å². The Balaban J connectivity index is 1.69. The first-order valence-corrected chi connectivity index (χ1v) is 9.17. The van der Waals surface area contributed by atoms with Gasteiger partial charge in [0.25, 0.3) is 0 Å². The maximum absolute atomic E-state index is 5.66. The second-order valence-electron chi connectivity index (χ2n) is 6.85. The number of rotatable bonds is 2. The lowest BCUT2D eigenvalue weighted by Crippen LogP contribution is -1.97. The van der Waals surface area contributed by atoms with E-state index in [1.165, 1.54) is 10.8 Å². The van der Waals surface area contributed by atoms with E-state index in [2.05, 4.69) is 57.2 Å². The van der Waals surface area contributed by atoms with Crippen molar-refractivity contribution in [3.05, 3.63) is 91.3 Å². The van der Waals surface area contributed by atoms with Crippen LogP contribution in [0.3, 0.4) is 0 Å². The molecule has 0 radical (unpaired) electrons. The molecule has 0 aliphatic heterocycles. The number of para-hydroxylation sites is 1. The minimum absolute atomic E-state index is 0.850. The molecule has 3 aromatic carbocycles. The summed E-state index contributed by atoms with van der Waals surface area (Å²) >= 11 is 0. The molecule has 0 aliphatic rings. The standard InChI is InChI=1S/C24H15N3O/c1-2-6-16(7-3-1)21-13-18(15-25-26-21)27-22-9-5-4-8-19(22)20-12-17-10-11-28-24(17)14-23(20)27/h1-15H. The van der Waals surface area contributed by atoms with Crippen LogP contribution in [0.1, 0.15) is 0 Å². The van der Waals surface area contributed by atoms with Gasteiger partial charge in [0.1, 0.15) is 5.58 Å². The maximum Gasteiger partial charge on any atom is 0.135 e. The van der Waals surface area contributed by atoms with Gasteiger partial charge >= 0.3 is 0 Å². The lowest BCUT2D eigenvalue weighted by molar-refractivity contribution is 0.616. The van der Waals surface area contributed by atoms with Gasteiger partial charge in [0, 0.05) is 27.8 Å². The Labute approximate surface area is 160 Å². The second kappa shape index (κ2) is 5.79. The highest BCUT2D eigenvalue weighted by atomic mass is 16.3. The summed E-state index contributed by atoms with van der Waals surface area (Å²) in [5, 5.41) is 12.1. The summed E-state index contributed by atoms with van der Waals surface area (Å²) in [6.07, 6.45) is 3.54. The first-order valence-electron chi connectivity index (χ1n) is 9.17. The fourth-order valence-electron chi connectivity index (χ4n) is 3.93. The van der Waals surface area contributed by atoms with Gasteiger partial charge in [0.2, 0.25) is 0 Å². The summed E-state index contributed by atoms with van der Waals surface area (Å²) in [7, 11) is 0. The lowest BCUT2D eigenvalue weighted by Gasteiger charge is -2.08. The molecule has 6 aromatic rings. The molecular formula is C24H15N3O. The number of fused-ring (bicyclic) bond motifs is 4. The molecule has 0 N–H and O–H groups in total. The van der Waals surface area contributed by atoms with Crippen LogP contribution in [0.5, 0.6) is 0 Å². The van der Waals surface area contributed by atoms with Crippen molar-refractivity contribution in [3.8, 4) is 16.9 Å². The third-order valence-corrected chi connectivity index (χ3v) is 5.21. The van der Waals surface area contributed by atoms with Crippen molar-refractivity contribution in [2.45, 2.75) is 0 Å². The van der Waals surface area contributed by atoms with Crippen molar-refractivity contribution < 1.29 is 4.42 Å². The molecule has 132 valence electrons. The van der Waals surface area contributed by atoms with Gasteiger partial charge in [0.15, 0.2) is 0 Å². The normalized spacial score (nSPS) is 11.6. The van der Waals surface area contributed by atoms with Crippen LogP contribution in [0.4, 0.5) is 0 Å².